The summed E-state index contributed by atoms with van der Waals surface area (Å²) in [6, 6.07) is 3.14. The average molecular weight is 294 g/mol. The fourth-order valence-electron chi connectivity index (χ4n) is 2.45. The van der Waals surface area contributed by atoms with Gasteiger partial charge in [-0.05, 0) is 12.0 Å². The van der Waals surface area contributed by atoms with Gasteiger partial charge < -0.3 is 25.6 Å². The predicted molar refractivity (Wildman–Crippen MR) is 79.4 cm³/mol. The lowest BCUT2D eigenvalue weighted by molar-refractivity contribution is 0.0817. The molecule has 1 aromatic carbocycles. The summed E-state index contributed by atoms with van der Waals surface area (Å²) in [5, 5.41) is 12.8. The van der Waals surface area contributed by atoms with E-state index in [1.807, 2.05) is 13.8 Å². The first-order chi connectivity index (χ1) is 10.1. The number of nitrogen functional groups attached to an aromatic ring is 1. The molecular weight excluding hydrogens is 272 g/mol. The summed E-state index contributed by atoms with van der Waals surface area (Å²) in [6.45, 7) is 4.39. The number of nitrogens with one attached hydrogen (secondary N) is 1. The number of ether oxygens (including phenoxy) is 2. The zero-order valence-electron chi connectivity index (χ0n) is 12.4. The number of fused-ring (bicyclic) bond motifs is 1. The Morgan fingerprint density at radius 1 is 1.33 bits per heavy atom. The van der Waals surface area contributed by atoms with Crippen LogP contribution in [0.5, 0.6) is 11.5 Å². The second-order valence-electron chi connectivity index (χ2n) is 5.15. The predicted octanol–water partition coefficient (Wildman–Crippen LogP) is 1.52. The van der Waals surface area contributed by atoms with Gasteiger partial charge in [-0.3, -0.25) is 4.79 Å². The molecule has 1 aliphatic heterocycles. The molecule has 6 nitrogen and oxygen atoms in total. The smallest absolute Gasteiger partial charge is 0.253 e. The maximum atomic E-state index is 12.2. The van der Waals surface area contributed by atoms with Gasteiger partial charge in [0.2, 0.25) is 6.79 Å². The van der Waals surface area contributed by atoms with E-state index in [1.54, 1.807) is 12.1 Å². The van der Waals surface area contributed by atoms with Crippen molar-refractivity contribution in [3.05, 3.63) is 17.7 Å². The Hall–Kier alpha value is -1.95. The molecule has 0 saturated heterocycles. The number of anilines is 1. The van der Waals surface area contributed by atoms with Gasteiger partial charge in [0.05, 0.1) is 11.7 Å². The van der Waals surface area contributed by atoms with Crippen molar-refractivity contribution in [2.24, 2.45) is 5.92 Å². The fourth-order valence-corrected chi connectivity index (χ4v) is 2.45. The van der Waals surface area contributed by atoms with E-state index in [1.165, 1.54) is 0 Å². The van der Waals surface area contributed by atoms with Crippen LogP contribution < -0.4 is 20.5 Å². The van der Waals surface area contributed by atoms with Crippen molar-refractivity contribution >= 4 is 11.6 Å². The molecule has 1 amide bonds. The van der Waals surface area contributed by atoms with Crippen LogP contribution in [0.25, 0.3) is 0 Å². The van der Waals surface area contributed by atoms with Crippen LogP contribution in [0.3, 0.4) is 0 Å². The highest BCUT2D eigenvalue weighted by Crippen LogP contribution is 2.35. The molecular formula is C15H22N2O4. The summed E-state index contributed by atoms with van der Waals surface area (Å²) in [5.41, 5.74) is 6.51. The number of hydrogen-bond acceptors (Lipinski definition) is 5. The molecule has 0 aliphatic carbocycles. The number of carbonyl (C=O) groups is 1. The van der Waals surface area contributed by atoms with E-state index in [2.05, 4.69) is 5.32 Å². The molecule has 2 rings (SSSR count). The highest BCUT2D eigenvalue weighted by molar-refractivity contribution is 6.00. The molecule has 1 unspecified atom stereocenters. The third-order valence-corrected chi connectivity index (χ3v) is 3.85. The minimum atomic E-state index is -0.556. The van der Waals surface area contributed by atoms with E-state index in [0.717, 1.165) is 12.8 Å². The maximum absolute atomic E-state index is 12.2. The Kier molecular flexibility index (Phi) is 4.90. The van der Waals surface area contributed by atoms with E-state index >= 15 is 0 Å². The molecule has 0 saturated carbocycles. The van der Waals surface area contributed by atoms with Gasteiger partial charge in [-0.25, -0.2) is 0 Å². The maximum Gasteiger partial charge on any atom is 0.253 e. The number of hydrogen-bond donors (Lipinski definition) is 3. The first-order valence-electron chi connectivity index (χ1n) is 7.22. The van der Waals surface area contributed by atoms with E-state index in [9.17, 15) is 9.90 Å². The molecule has 0 spiro atoms. The van der Waals surface area contributed by atoms with E-state index in [-0.39, 0.29) is 25.2 Å². The van der Waals surface area contributed by atoms with Crippen molar-refractivity contribution in [2.45, 2.75) is 32.8 Å². The monoisotopic (exact) mass is 294 g/mol. The summed E-state index contributed by atoms with van der Waals surface area (Å²) < 4.78 is 10.4. The number of aliphatic hydroxyl groups excluding tert-OH is 1. The lowest BCUT2D eigenvalue weighted by atomic mass is 9.96. The first kappa shape index (κ1) is 15.4. The second-order valence-corrected chi connectivity index (χ2v) is 5.15. The minimum absolute atomic E-state index is 0.132. The van der Waals surface area contributed by atoms with Crippen molar-refractivity contribution in [3.63, 3.8) is 0 Å². The fraction of sp³-hybridized carbons (Fsp3) is 0.533. The number of amides is 1. The molecule has 0 aromatic heterocycles. The number of aliphatic hydroxyl groups is 1. The second kappa shape index (κ2) is 6.67. The summed E-state index contributed by atoms with van der Waals surface area (Å²) in [5.74, 6) is 0.909. The van der Waals surface area contributed by atoms with E-state index in [4.69, 9.17) is 15.2 Å². The SMILES string of the molecule is CCC(CC)C(O)CNC(=O)c1cc2c(cc1N)OCO2. The third kappa shape index (κ3) is 3.39. The molecule has 1 aromatic rings. The zero-order valence-corrected chi connectivity index (χ0v) is 12.4. The Bertz CT molecular complexity index is 515. The topological polar surface area (TPSA) is 93.8 Å². The van der Waals surface area contributed by atoms with Crippen LogP contribution in [0, 0.1) is 5.92 Å². The molecule has 1 heterocycles. The van der Waals surface area contributed by atoms with Crippen molar-refractivity contribution in [1.82, 2.24) is 5.32 Å². The quantitative estimate of drug-likeness (QED) is 0.692. The lowest BCUT2D eigenvalue weighted by Gasteiger charge is -2.20. The summed E-state index contributed by atoms with van der Waals surface area (Å²) in [4.78, 5) is 12.2. The number of carbonyl (C=O) groups excluding carboxylic acids is 1. The Balaban J connectivity index is 2.01. The van der Waals surface area contributed by atoms with Gasteiger partial charge in [-0.15, -0.1) is 0 Å². The van der Waals surface area contributed by atoms with Crippen LogP contribution in [0.2, 0.25) is 0 Å². The van der Waals surface area contributed by atoms with Crippen molar-refractivity contribution in [3.8, 4) is 11.5 Å². The van der Waals surface area contributed by atoms with Gasteiger partial charge >= 0.3 is 0 Å². The van der Waals surface area contributed by atoms with Gasteiger partial charge in [-0.2, -0.15) is 0 Å². The van der Waals surface area contributed by atoms with Gasteiger partial charge in [0.1, 0.15) is 0 Å². The van der Waals surface area contributed by atoms with Crippen LogP contribution in [-0.2, 0) is 0 Å². The molecule has 4 N–H and O–H groups in total. The standard InChI is InChI=1S/C15H22N2O4/c1-3-9(4-2)12(18)7-17-15(19)10-5-13-14(6-11(10)16)21-8-20-13/h5-6,9,12,18H,3-4,7-8,16H2,1-2H3,(H,17,19). The average Bonchev–Trinajstić information content (AvgIpc) is 2.92. The molecule has 0 fully saturated rings. The molecule has 116 valence electrons. The molecule has 0 bridgehead atoms. The van der Waals surface area contributed by atoms with Crippen LogP contribution in [0.15, 0.2) is 12.1 Å². The third-order valence-electron chi connectivity index (χ3n) is 3.85. The van der Waals surface area contributed by atoms with Crippen LogP contribution >= 0.6 is 0 Å². The van der Waals surface area contributed by atoms with Crippen LogP contribution in [0.4, 0.5) is 5.69 Å². The Morgan fingerprint density at radius 3 is 2.57 bits per heavy atom. The summed E-state index contributed by atoms with van der Waals surface area (Å²) in [6.07, 6.45) is 1.19. The summed E-state index contributed by atoms with van der Waals surface area (Å²) in [7, 11) is 0. The first-order valence-corrected chi connectivity index (χ1v) is 7.22. The van der Waals surface area contributed by atoms with Gasteiger partial charge in [0.15, 0.2) is 11.5 Å². The highest BCUT2D eigenvalue weighted by atomic mass is 16.7. The number of benzene rings is 1. The van der Waals surface area contributed by atoms with E-state index in [0.29, 0.717) is 22.7 Å². The van der Waals surface area contributed by atoms with Crippen LogP contribution in [-0.4, -0.2) is 30.5 Å². The molecule has 1 atom stereocenters. The largest absolute Gasteiger partial charge is 0.454 e. The minimum Gasteiger partial charge on any atom is -0.454 e. The van der Waals surface area contributed by atoms with Crippen molar-refractivity contribution in [2.75, 3.05) is 19.1 Å². The van der Waals surface area contributed by atoms with Crippen molar-refractivity contribution < 1.29 is 19.4 Å². The van der Waals surface area contributed by atoms with Gasteiger partial charge in [-0.1, -0.05) is 26.7 Å². The summed E-state index contributed by atoms with van der Waals surface area (Å²) >= 11 is 0. The Morgan fingerprint density at radius 2 is 1.95 bits per heavy atom. The zero-order chi connectivity index (χ0) is 15.4. The van der Waals surface area contributed by atoms with E-state index < -0.39 is 6.10 Å². The Labute approximate surface area is 124 Å². The van der Waals surface area contributed by atoms with Gasteiger partial charge in [0.25, 0.3) is 5.91 Å². The van der Waals surface area contributed by atoms with Crippen molar-refractivity contribution in [1.29, 1.82) is 0 Å². The van der Waals surface area contributed by atoms with Crippen LogP contribution in [0.1, 0.15) is 37.0 Å². The molecule has 6 heteroatoms. The van der Waals surface area contributed by atoms with Gasteiger partial charge in [0, 0.05) is 18.3 Å². The number of rotatable bonds is 6. The number of nitrogens with two attached hydrogens (primary N) is 1. The lowest BCUT2D eigenvalue weighted by Crippen LogP contribution is -2.36. The molecule has 1 aliphatic rings. The molecule has 0 radical (unpaired) electrons. The normalized spacial score (nSPS) is 14.3. The molecule has 21 heavy (non-hydrogen) atoms. The highest BCUT2D eigenvalue weighted by Gasteiger charge is 2.21.